The molecule has 3 rings (SSSR count). The Labute approximate surface area is 220 Å². The summed E-state index contributed by atoms with van der Waals surface area (Å²) in [5.41, 5.74) is 1.45. The lowest BCUT2D eigenvalue weighted by Crippen LogP contribution is -2.40. The van der Waals surface area contributed by atoms with Crippen molar-refractivity contribution in [1.29, 1.82) is 0 Å². The summed E-state index contributed by atoms with van der Waals surface area (Å²) in [6.45, 7) is 6.42. The molecule has 1 amide bonds. The summed E-state index contributed by atoms with van der Waals surface area (Å²) < 4.78 is 40.0. The van der Waals surface area contributed by atoms with E-state index in [1.807, 2.05) is 72.8 Å². The van der Waals surface area contributed by atoms with Gasteiger partial charge in [0, 0.05) is 12.6 Å². The monoisotopic (exact) mass is 526 g/mol. The van der Waals surface area contributed by atoms with E-state index in [0.717, 1.165) is 21.9 Å². The first-order chi connectivity index (χ1) is 17.6. The SMILES string of the molecule is CC(C)(C)OC(=O)NCCC[C@@H](COCc1ccccc1)NS(=O)(=O)CCc1cccc2ccccc12. The van der Waals surface area contributed by atoms with Gasteiger partial charge in [-0.3, -0.25) is 0 Å². The van der Waals surface area contributed by atoms with Crippen molar-refractivity contribution in [3.63, 3.8) is 0 Å². The average molecular weight is 527 g/mol. The van der Waals surface area contributed by atoms with Crippen molar-refractivity contribution in [2.45, 2.75) is 58.3 Å². The Hall–Kier alpha value is -2.94. The zero-order chi connectivity index (χ0) is 26.7. The van der Waals surface area contributed by atoms with E-state index in [-0.39, 0.29) is 12.4 Å². The minimum atomic E-state index is -3.56. The van der Waals surface area contributed by atoms with Crippen LogP contribution >= 0.6 is 0 Å². The second kappa shape index (κ2) is 13.6. The Morgan fingerprint density at radius 3 is 2.41 bits per heavy atom. The van der Waals surface area contributed by atoms with Crippen LogP contribution < -0.4 is 10.0 Å². The smallest absolute Gasteiger partial charge is 0.407 e. The molecule has 0 saturated carbocycles. The molecule has 3 aromatic rings. The number of rotatable bonds is 13. The average Bonchev–Trinajstić information content (AvgIpc) is 2.84. The molecule has 0 heterocycles. The van der Waals surface area contributed by atoms with Gasteiger partial charge in [0.2, 0.25) is 10.0 Å². The number of carbonyl (C=O) groups excluding carboxylic acids is 1. The summed E-state index contributed by atoms with van der Waals surface area (Å²) >= 11 is 0. The Bertz CT molecular complexity index is 1230. The molecule has 200 valence electrons. The van der Waals surface area contributed by atoms with Gasteiger partial charge in [0.1, 0.15) is 5.60 Å². The molecule has 2 N–H and O–H groups in total. The van der Waals surface area contributed by atoms with Crippen molar-refractivity contribution in [2.75, 3.05) is 18.9 Å². The molecular formula is C29H38N2O5S. The van der Waals surface area contributed by atoms with Gasteiger partial charge in [-0.05, 0) is 61.9 Å². The van der Waals surface area contributed by atoms with E-state index < -0.39 is 27.8 Å². The summed E-state index contributed by atoms with van der Waals surface area (Å²) in [5, 5.41) is 4.88. The van der Waals surface area contributed by atoms with Crippen LogP contribution in [-0.4, -0.2) is 45.1 Å². The van der Waals surface area contributed by atoms with Crippen LogP contribution in [0, 0.1) is 0 Å². The van der Waals surface area contributed by atoms with Crippen molar-refractivity contribution < 1.29 is 22.7 Å². The molecule has 0 radical (unpaired) electrons. The van der Waals surface area contributed by atoms with Gasteiger partial charge >= 0.3 is 6.09 Å². The number of alkyl carbamates (subject to hydrolysis) is 1. The molecule has 1 atom stereocenters. The van der Waals surface area contributed by atoms with Crippen LogP contribution in [0.4, 0.5) is 4.79 Å². The highest BCUT2D eigenvalue weighted by Crippen LogP contribution is 2.19. The molecule has 0 aliphatic rings. The number of sulfonamides is 1. The predicted molar refractivity (Wildman–Crippen MR) is 148 cm³/mol. The minimum Gasteiger partial charge on any atom is -0.444 e. The number of amides is 1. The van der Waals surface area contributed by atoms with Crippen molar-refractivity contribution in [3.8, 4) is 0 Å². The van der Waals surface area contributed by atoms with Gasteiger partial charge in [0.25, 0.3) is 0 Å². The third-order valence-corrected chi connectivity index (χ3v) is 7.13. The zero-order valence-electron chi connectivity index (χ0n) is 21.9. The number of hydrogen-bond acceptors (Lipinski definition) is 5. The highest BCUT2D eigenvalue weighted by Gasteiger charge is 2.20. The molecule has 3 aromatic carbocycles. The maximum atomic E-state index is 13.0. The summed E-state index contributed by atoms with van der Waals surface area (Å²) in [7, 11) is -3.56. The highest BCUT2D eigenvalue weighted by atomic mass is 32.2. The molecule has 0 aliphatic carbocycles. The molecule has 0 spiro atoms. The van der Waals surface area contributed by atoms with Gasteiger partial charge in [0.15, 0.2) is 0 Å². The Morgan fingerprint density at radius 2 is 1.65 bits per heavy atom. The first-order valence-electron chi connectivity index (χ1n) is 12.7. The molecule has 37 heavy (non-hydrogen) atoms. The Balaban J connectivity index is 1.56. The fourth-order valence-electron chi connectivity index (χ4n) is 3.99. The van der Waals surface area contributed by atoms with Gasteiger partial charge in [-0.2, -0.15) is 0 Å². The number of ether oxygens (including phenoxy) is 2. The molecule has 0 bridgehead atoms. The molecular weight excluding hydrogens is 488 g/mol. The number of carbonyl (C=O) groups is 1. The van der Waals surface area contributed by atoms with Gasteiger partial charge < -0.3 is 14.8 Å². The zero-order valence-corrected chi connectivity index (χ0v) is 22.7. The normalized spacial score (nSPS) is 12.8. The van der Waals surface area contributed by atoms with Crippen LogP contribution in [0.25, 0.3) is 10.8 Å². The van der Waals surface area contributed by atoms with E-state index in [0.29, 0.717) is 32.4 Å². The van der Waals surface area contributed by atoms with E-state index in [9.17, 15) is 13.2 Å². The first-order valence-corrected chi connectivity index (χ1v) is 14.3. The summed E-state index contributed by atoms with van der Waals surface area (Å²) in [4.78, 5) is 11.9. The molecule has 0 unspecified atom stereocenters. The van der Waals surface area contributed by atoms with Crippen LogP contribution in [0.15, 0.2) is 72.8 Å². The largest absolute Gasteiger partial charge is 0.444 e. The van der Waals surface area contributed by atoms with Gasteiger partial charge in [-0.1, -0.05) is 72.8 Å². The molecule has 0 fully saturated rings. The van der Waals surface area contributed by atoms with Crippen molar-refractivity contribution in [3.05, 3.63) is 83.9 Å². The lowest BCUT2D eigenvalue weighted by molar-refractivity contribution is 0.0525. The second-order valence-corrected chi connectivity index (χ2v) is 12.0. The van der Waals surface area contributed by atoms with E-state index in [4.69, 9.17) is 9.47 Å². The number of benzene rings is 3. The van der Waals surface area contributed by atoms with E-state index in [2.05, 4.69) is 10.0 Å². The fourth-order valence-corrected chi connectivity index (χ4v) is 5.29. The topological polar surface area (TPSA) is 93.7 Å². The standard InChI is InChI=1S/C29H38N2O5S/c1-29(2,3)36-28(32)30-19-10-16-26(22-35-21-23-11-5-4-6-12-23)31-37(33,34)20-18-25-15-9-14-24-13-7-8-17-27(24)25/h4-9,11-15,17,26,31H,10,16,18-22H2,1-3H3,(H,30,32)/t26-/m0/s1. The van der Waals surface area contributed by atoms with Crippen LogP contribution in [0.1, 0.15) is 44.7 Å². The van der Waals surface area contributed by atoms with E-state index in [1.165, 1.54) is 0 Å². The molecule has 0 aromatic heterocycles. The first kappa shape index (κ1) is 28.6. The third-order valence-electron chi connectivity index (χ3n) is 5.69. The number of hydrogen-bond donors (Lipinski definition) is 2. The predicted octanol–water partition coefficient (Wildman–Crippen LogP) is 5.19. The van der Waals surface area contributed by atoms with Crippen molar-refractivity contribution >= 4 is 26.9 Å². The summed E-state index contributed by atoms with van der Waals surface area (Å²) in [5.74, 6) is -0.0215. The molecule has 8 heteroatoms. The van der Waals surface area contributed by atoms with Crippen LogP contribution in [0.2, 0.25) is 0 Å². The number of aryl methyl sites for hydroxylation is 1. The molecule has 7 nitrogen and oxygen atoms in total. The highest BCUT2D eigenvalue weighted by molar-refractivity contribution is 7.89. The lowest BCUT2D eigenvalue weighted by atomic mass is 10.0. The van der Waals surface area contributed by atoms with Gasteiger partial charge in [-0.25, -0.2) is 17.9 Å². The number of nitrogens with one attached hydrogen (secondary N) is 2. The summed E-state index contributed by atoms with van der Waals surface area (Å²) in [6.07, 6.45) is 1.01. The van der Waals surface area contributed by atoms with Crippen LogP contribution in [0.3, 0.4) is 0 Å². The van der Waals surface area contributed by atoms with Crippen molar-refractivity contribution in [1.82, 2.24) is 10.0 Å². The Morgan fingerprint density at radius 1 is 0.946 bits per heavy atom. The molecule has 0 aliphatic heterocycles. The Kier molecular flexibility index (Phi) is 10.5. The molecule has 0 saturated heterocycles. The number of fused-ring (bicyclic) bond motifs is 1. The van der Waals surface area contributed by atoms with Gasteiger partial charge in [0.05, 0.1) is 19.0 Å². The summed E-state index contributed by atoms with van der Waals surface area (Å²) in [6, 6.07) is 23.3. The van der Waals surface area contributed by atoms with Gasteiger partial charge in [-0.15, -0.1) is 0 Å². The van der Waals surface area contributed by atoms with Crippen molar-refractivity contribution in [2.24, 2.45) is 0 Å². The quantitative estimate of drug-likeness (QED) is 0.299. The van der Waals surface area contributed by atoms with Crippen LogP contribution in [-0.2, 0) is 32.5 Å². The maximum absolute atomic E-state index is 13.0. The second-order valence-electron chi connectivity index (χ2n) is 10.1. The maximum Gasteiger partial charge on any atom is 0.407 e. The third kappa shape index (κ3) is 10.5. The fraction of sp³-hybridized carbons (Fsp3) is 0.414. The lowest BCUT2D eigenvalue weighted by Gasteiger charge is -2.21. The van der Waals surface area contributed by atoms with E-state index >= 15 is 0 Å². The van der Waals surface area contributed by atoms with Crippen LogP contribution in [0.5, 0.6) is 0 Å². The van der Waals surface area contributed by atoms with E-state index in [1.54, 1.807) is 20.8 Å². The minimum absolute atomic E-state index is 0.0215.